The molecule has 0 aliphatic rings. The van der Waals surface area contributed by atoms with Crippen molar-refractivity contribution in [3.63, 3.8) is 0 Å². The first kappa shape index (κ1) is 16.2. The van der Waals surface area contributed by atoms with E-state index in [1.54, 1.807) is 0 Å². The molecule has 0 heterocycles. The monoisotopic (exact) mass is 152 g/mol. The van der Waals surface area contributed by atoms with Gasteiger partial charge in [0.05, 0.1) is 0 Å². The lowest BCUT2D eigenvalue weighted by atomic mass is 10.2. The molecule has 0 rings (SSSR count). The molecule has 0 saturated carbocycles. The van der Waals surface area contributed by atoms with Gasteiger partial charge in [0, 0.05) is 0 Å². The zero-order valence-electron chi connectivity index (χ0n) is 5.93. The molecule has 0 aliphatic heterocycles. The first-order valence-corrected chi connectivity index (χ1v) is 3.93. The van der Waals surface area contributed by atoms with Crippen molar-refractivity contribution in [1.29, 1.82) is 0 Å². The normalized spacial score (nSPS) is 7.22. The predicted octanol–water partition coefficient (Wildman–Crippen LogP) is 2.46. The summed E-state index contributed by atoms with van der Waals surface area (Å²) in [5.74, 6) is 0. The lowest BCUT2D eigenvalue weighted by Gasteiger charge is -1.91. The van der Waals surface area contributed by atoms with E-state index in [-0.39, 0.29) is 9.41 Å². The van der Waals surface area contributed by atoms with E-state index in [0.717, 1.165) is 0 Å². The van der Waals surface area contributed by atoms with Crippen molar-refractivity contribution >= 4 is 16.3 Å². The lowest BCUT2D eigenvalue weighted by molar-refractivity contribution is 0.701. The van der Waals surface area contributed by atoms with Crippen LogP contribution in [-0.4, -0.2) is 16.3 Å². The molecule has 0 fully saturated rings. The van der Waals surface area contributed by atoms with Crippen molar-refractivity contribution in [3.05, 3.63) is 0 Å². The van der Waals surface area contributed by atoms with Crippen molar-refractivity contribution in [1.82, 2.24) is 0 Å². The summed E-state index contributed by atoms with van der Waals surface area (Å²) in [6.45, 7) is 2.24. The maximum Gasteiger partial charge on any atom is 0.118 e. The van der Waals surface area contributed by atoms with Gasteiger partial charge in [-0.05, 0) is 0 Å². The minimum Gasteiger partial charge on any atom is -0.269 e. The molecule has 0 unspecified atom stereocenters. The van der Waals surface area contributed by atoms with Crippen molar-refractivity contribution in [3.8, 4) is 0 Å². The van der Waals surface area contributed by atoms with Crippen LogP contribution in [0, 0.1) is 0 Å². The number of hydrogen-bond donors (Lipinski definition) is 0. The fourth-order valence-corrected chi connectivity index (χ4v) is 0.860. The average Bonchev–Trinajstić information content (AvgIpc) is 1.69. The van der Waals surface area contributed by atoms with Crippen LogP contribution in [-0.2, 0) is 0 Å². The molecule has 0 bridgehead atoms. The highest BCUT2D eigenvalue weighted by atomic mass is 27.0. The minimum absolute atomic E-state index is 0. The predicted molar refractivity (Wildman–Crippen MR) is 39.7 cm³/mol. The molecule has 9 heavy (non-hydrogen) atoms. The van der Waals surface area contributed by atoms with E-state index in [1.807, 2.05) is 0 Å². The topological polar surface area (TPSA) is 0 Å². The maximum absolute atomic E-state index is 2.75. The van der Waals surface area contributed by atoms with Gasteiger partial charge in [-0.2, -0.15) is 0 Å². The Hall–Kier alpha value is 0.392. The summed E-state index contributed by atoms with van der Waals surface area (Å²) in [7, 11) is 0. The van der Waals surface area contributed by atoms with Gasteiger partial charge in [0.25, 0.3) is 0 Å². The van der Waals surface area contributed by atoms with Crippen molar-refractivity contribution in [2.75, 3.05) is 0 Å². The van der Waals surface area contributed by atoms with Gasteiger partial charge < -0.3 is 0 Å². The average molecular weight is 152 g/mol. The van der Waals surface area contributed by atoms with Crippen LogP contribution in [0.3, 0.4) is 0 Å². The molecule has 3 heteroatoms. The van der Waals surface area contributed by atoms with E-state index >= 15 is 0 Å². The second kappa shape index (κ2) is 15.8. The Balaban J connectivity index is -0.000000180. The Kier molecular flexibility index (Phi) is 28.4. The second-order valence-corrected chi connectivity index (χ2v) is 2.43. The fourth-order valence-electron chi connectivity index (χ4n) is 0.571. The van der Waals surface area contributed by atoms with Crippen molar-refractivity contribution in [2.24, 2.45) is 0 Å². The molecule has 56 valence electrons. The van der Waals surface area contributed by atoms with Gasteiger partial charge in [-0.3, -0.25) is 9.41 Å². The molecule has 0 nitrogen and oxygen atoms in total. The van der Waals surface area contributed by atoms with Gasteiger partial charge in [0.15, 0.2) is 0 Å². The highest BCUT2D eigenvalue weighted by molar-refractivity contribution is 6.08. The molecule has 0 saturated heterocycles. The number of halogens is 2. The minimum atomic E-state index is 0. The fraction of sp³-hybridized carbons (Fsp3) is 1.00. The first-order chi connectivity index (χ1) is 3.41. The summed E-state index contributed by atoms with van der Waals surface area (Å²) < 4.78 is 0. The zero-order chi connectivity index (χ0) is 5.54. The summed E-state index contributed by atoms with van der Waals surface area (Å²) in [6.07, 6.45) is 5.57. The van der Waals surface area contributed by atoms with Gasteiger partial charge in [-0.25, -0.2) is 0 Å². The van der Waals surface area contributed by atoms with E-state index < -0.39 is 0 Å². The van der Waals surface area contributed by atoms with Gasteiger partial charge in [0.1, 0.15) is 16.3 Å². The molecule has 0 aromatic heterocycles. The van der Waals surface area contributed by atoms with Crippen molar-refractivity contribution in [2.45, 2.75) is 37.9 Å². The smallest absolute Gasteiger partial charge is 0.118 e. The van der Waals surface area contributed by atoms with E-state index in [2.05, 4.69) is 23.2 Å². The first-order valence-electron chi connectivity index (χ1n) is 3.12. The van der Waals surface area contributed by atoms with Gasteiger partial charge in [-0.15, -0.1) is 5.28 Å². The third-order valence-corrected chi connectivity index (χ3v) is 1.47. The molecule has 0 spiro atoms. The highest BCUT2D eigenvalue weighted by Crippen LogP contribution is 1.99. The van der Waals surface area contributed by atoms with Crippen LogP contribution >= 0.6 is 0 Å². The van der Waals surface area contributed by atoms with Crippen LogP contribution in [0.25, 0.3) is 0 Å². The largest absolute Gasteiger partial charge is 0.269 e. The van der Waals surface area contributed by atoms with Crippen LogP contribution < -0.4 is 0 Å². The van der Waals surface area contributed by atoms with E-state index in [4.69, 9.17) is 0 Å². The second-order valence-electron chi connectivity index (χ2n) is 1.85. The van der Waals surface area contributed by atoms with Crippen molar-refractivity contribution < 1.29 is 9.41 Å². The molecule has 0 amide bonds. The summed E-state index contributed by atoms with van der Waals surface area (Å²) in [5.41, 5.74) is 0. The van der Waals surface area contributed by atoms with Crippen LogP contribution in [0.2, 0.25) is 5.28 Å². The van der Waals surface area contributed by atoms with E-state index in [9.17, 15) is 0 Å². The Morgan fingerprint density at radius 2 is 1.56 bits per heavy atom. The summed E-state index contributed by atoms with van der Waals surface area (Å²) in [4.78, 5) is 0. The highest BCUT2D eigenvalue weighted by Gasteiger charge is 1.79. The Morgan fingerprint density at radius 3 is 1.89 bits per heavy atom. The molecular formula is C6H15AlF2. The molecule has 0 aliphatic carbocycles. The standard InChI is InChI=1S/C6H13.Al.2FH/c1-3-5-6-4-2;;;/h1,3-6H2,2H3;;2*1H. The third kappa shape index (κ3) is 17.8. The van der Waals surface area contributed by atoms with Gasteiger partial charge in [0.2, 0.25) is 0 Å². The third-order valence-electron chi connectivity index (χ3n) is 1.06. The van der Waals surface area contributed by atoms with Gasteiger partial charge >= 0.3 is 0 Å². The molecule has 2 radical (unpaired) electrons. The molecule has 0 N–H and O–H groups in total. The molecule has 0 aromatic rings. The van der Waals surface area contributed by atoms with Crippen LogP contribution in [0.4, 0.5) is 9.41 Å². The molecule has 0 aromatic carbocycles. The SMILES string of the molecule is CCCCC[CH2][Al].F.F. The Labute approximate surface area is 64.2 Å². The van der Waals surface area contributed by atoms with Crippen LogP contribution in [0.1, 0.15) is 32.6 Å². The number of hydrogen-bond acceptors (Lipinski definition) is 0. The van der Waals surface area contributed by atoms with E-state index in [0.29, 0.717) is 0 Å². The zero-order valence-corrected chi connectivity index (χ0v) is 7.08. The lowest BCUT2D eigenvalue weighted by Crippen LogP contribution is -1.72. The summed E-state index contributed by atoms with van der Waals surface area (Å²) >= 11 is 2.75. The maximum atomic E-state index is 2.75. The van der Waals surface area contributed by atoms with Crippen LogP contribution in [0.15, 0.2) is 0 Å². The van der Waals surface area contributed by atoms with Gasteiger partial charge in [-0.1, -0.05) is 32.6 Å². The molecule has 0 atom stereocenters. The van der Waals surface area contributed by atoms with Crippen LogP contribution in [0.5, 0.6) is 0 Å². The quantitative estimate of drug-likeness (QED) is 0.428. The summed E-state index contributed by atoms with van der Waals surface area (Å²) in [6, 6.07) is 0. The Bertz CT molecular complexity index is 30.2. The van der Waals surface area contributed by atoms with E-state index in [1.165, 1.54) is 31.0 Å². The molecular weight excluding hydrogens is 137 g/mol. The number of unbranched alkanes of at least 4 members (excludes halogenated alkanes) is 3. The Morgan fingerprint density at radius 1 is 1.00 bits per heavy atom. The number of rotatable bonds is 4. The summed E-state index contributed by atoms with van der Waals surface area (Å²) in [5, 5.41) is 1.28.